The molecule has 16 nitrogen and oxygen atoms in total. The second kappa shape index (κ2) is 10.6. The molecule has 1 saturated heterocycles. The molecular formula is C14H22NO15P3. The van der Waals surface area contributed by atoms with Gasteiger partial charge in [0.25, 0.3) is 5.91 Å². The van der Waals surface area contributed by atoms with Crippen LogP contribution in [0.15, 0.2) is 24.3 Å². The molecule has 1 aromatic rings. The number of carbonyl (C=O) groups excluding carboxylic acids is 1. The number of amides is 1. The second-order valence-corrected chi connectivity index (χ2v) is 11.0. The summed E-state index contributed by atoms with van der Waals surface area (Å²) in [4.78, 5) is 49.4. The van der Waals surface area contributed by atoms with Crippen LogP contribution in [-0.4, -0.2) is 80.9 Å². The highest BCUT2D eigenvalue weighted by molar-refractivity contribution is 7.66. The highest BCUT2D eigenvalue weighted by Gasteiger charge is 2.49. The maximum atomic E-state index is 12.7. The van der Waals surface area contributed by atoms with Gasteiger partial charge >= 0.3 is 23.5 Å². The highest BCUT2D eigenvalue weighted by Crippen LogP contribution is 2.66. The number of hydrogen-bond acceptors (Lipinski definition) is 11. The Bertz CT molecular complexity index is 981. The summed E-state index contributed by atoms with van der Waals surface area (Å²) in [7, 11) is -13.9. The van der Waals surface area contributed by atoms with Gasteiger partial charge in [0.15, 0.2) is 6.10 Å². The molecule has 1 fully saturated rings. The Labute approximate surface area is 186 Å². The van der Waals surface area contributed by atoms with Crippen LogP contribution in [0.5, 0.6) is 5.75 Å². The average Bonchev–Trinajstić information content (AvgIpc) is 2.97. The van der Waals surface area contributed by atoms with Crippen molar-refractivity contribution in [3.05, 3.63) is 24.3 Å². The SMILES string of the molecule is COc1ccc(N(C)C(=O)[C@@H]2O[C@H](COP(=O)(O)OP(=O)(O)OP(=O)(O)O)[C@@H](O)[C@H]2O)cc1. The summed E-state index contributed by atoms with van der Waals surface area (Å²) in [6.07, 6.45) is -6.73. The van der Waals surface area contributed by atoms with E-state index in [4.69, 9.17) is 24.2 Å². The summed E-state index contributed by atoms with van der Waals surface area (Å²) in [5.41, 5.74) is 0.391. The van der Waals surface area contributed by atoms with Crippen molar-refractivity contribution in [3.8, 4) is 5.75 Å². The van der Waals surface area contributed by atoms with E-state index in [1.807, 2.05) is 0 Å². The molecule has 0 spiro atoms. The molecular weight excluding hydrogens is 515 g/mol. The van der Waals surface area contributed by atoms with Gasteiger partial charge in [-0.15, -0.1) is 0 Å². The lowest BCUT2D eigenvalue weighted by atomic mass is 10.1. The summed E-state index contributed by atoms with van der Waals surface area (Å²) in [5, 5.41) is 20.3. The van der Waals surface area contributed by atoms with Crippen molar-refractivity contribution in [1.29, 1.82) is 0 Å². The maximum absolute atomic E-state index is 12.7. The van der Waals surface area contributed by atoms with Crippen molar-refractivity contribution < 1.29 is 70.9 Å². The fourth-order valence-corrected chi connectivity index (χ4v) is 5.72. The van der Waals surface area contributed by atoms with Crippen LogP contribution in [-0.2, 0) is 36.4 Å². The molecule has 1 aliphatic heterocycles. The molecule has 1 heterocycles. The third-order valence-electron chi connectivity index (χ3n) is 4.21. The van der Waals surface area contributed by atoms with Gasteiger partial charge in [-0.05, 0) is 24.3 Å². The third-order valence-corrected chi connectivity index (χ3v) is 8.02. The number of nitrogens with zero attached hydrogens (tertiary/aromatic N) is 1. The zero-order valence-electron chi connectivity index (χ0n) is 17.0. The van der Waals surface area contributed by atoms with Gasteiger partial charge < -0.3 is 44.2 Å². The molecule has 1 aliphatic rings. The zero-order chi connectivity index (χ0) is 25.2. The number of aliphatic hydroxyl groups is 2. The van der Waals surface area contributed by atoms with Gasteiger partial charge in [-0.25, -0.2) is 13.7 Å². The minimum absolute atomic E-state index is 0.391. The van der Waals surface area contributed by atoms with Crippen LogP contribution in [0, 0.1) is 0 Å². The molecule has 0 bridgehead atoms. The van der Waals surface area contributed by atoms with Crippen molar-refractivity contribution in [3.63, 3.8) is 0 Å². The predicted octanol–water partition coefficient (Wildman–Crippen LogP) is -0.510. The lowest BCUT2D eigenvalue weighted by Gasteiger charge is -2.23. The first-order chi connectivity index (χ1) is 15.1. The van der Waals surface area contributed by atoms with E-state index in [2.05, 4.69) is 13.1 Å². The van der Waals surface area contributed by atoms with E-state index >= 15 is 0 Å². The predicted molar refractivity (Wildman–Crippen MR) is 107 cm³/mol. The van der Waals surface area contributed by atoms with Crippen molar-refractivity contribution in [1.82, 2.24) is 0 Å². The molecule has 6 atom stereocenters. The van der Waals surface area contributed by atoms with Gasteiger partial charge in [0.2, 0.25) is 0 Å². The smallest absolute Gasteiger partial charge is 0.490 e. The molecule has 19 heteroatoms. The fraction of sp³-hybridized carbons (Fsp3) is 0.500. The molecule has 188 valence electrons. The van der Waals surface area contributed by atoms with E-state index in [1.165, 1.54) is 14.2 Å². The summed E-state index contributed by atoms with van der Waals surface area (Å²) < 4.78 is 55.4. The van der Waals surface area contributed by atoms with Gasteiger partial charge in [0.1, 0.15) is 24.1 Å². The lowest BCUT2D eigenvalue weighted by molar-refractivity contribution is -0.133. The van der Waals surface area contributed by atoms with Crippen LogP contribution < -0.4 is 9.64 Å². The molecule has 0 saturated carbocycles. The van der Waals surface area contributed by atoms with Crippen LogP contribution in [0.4, 0.5) is 5.69 Å². The first-order valence-electron chi connectivity index (χ1n) is 8.77. The Morgan fingerprint density at radius 3 is 2.09 bits per heavy atom. The van der Waals surface area contributed by atoms with E-state index in [9.17, 15) is 33.6 Å². The van der Waals surface area contributed by atoms with Gasteiger partial charge in [-0.2, -0.15) is 8.62 Å². The van der Waals surface area contributed by atoms with Crippen LogP contribution >= 0.6 is 23.5 Å². The summed E-state index contributed by atoms with van der Waals surface area (Å²) in [5.74, 6) is -0.258. The van der Waals surface area contributed by atoms with E-state index < -0.39 is 60.4 Å². The minimum atomic E-state index is -5.73. The number of ether oxygens (including phenoxy) is 2. The average molecular weight is 537 g/mol. The number of hydrogen-bond donors (Lipinski definition) is 6. The van der Waals surface area contributed by atoms with Crippen LogP contribution in [0.1, 0.15) is 0 Å². The van der Waals surface area contributed by atoms with Gasteiger partial charge in [0, 0.05) is 12.7 Å². The van der Waals surface area contributed by atoms with Crippen molar-refractivity contribution in [2.75, 3.05) is 25.7 Å². The number of likely N-dealkylation sites (N-methyl/N-ethyl adjacent to an activating group) is 1. The Morgan fingerprint density at radius 1 is 1.00 bits per heavy atom. The normalized spacial score (nSPS) is 26.9. The van der Waals surface area contributed by atoms with E-state index in [1.54, 1.807) is 24.3 Å². The molecule has 1 aromatic carbocycles. The fourth-order valence-electron chi connectivity index (χ4n) is 2.69. The highest BCUT2D eigenvalue weighted by atomic mass is 31.3. The largest absolute Gasteiger partial charge is 0.497 e. The zero-order valence-corrected chi connectivity index (χ0v) is 19.7. The Hall–Kier alpha value is -1.22. The number of benzene rings is 1. The van der Waals surface area contributed by atoms with E-state index in [0.29, 0.717) is 11.4 Å². The second-order valence-electron chi connectivity index (χ2n) is 6.56. The molecule has 6 N–H and O–H groups in total. The molecule has 0 aromatic heterocycles. The first kappa shape index (κ1) is 28.0. The topological polar surface area (TPSA) is 239 Å². The van der Waals surface area contributed by atoms with Gasteiger partial charge in [-0.1, -0.05) is 0 Å². The monoisotopic (exact) mass is 537 g/mol. The standard InChI is InChI=1S/C14H22NO15P3/c1-15(8-3-5-9(26-2)6-4-8)14(18)13-12(17)11(16)10(28-13)7-27-32(22,23)30-33(24,25)29-31(19,20)21/h3-6,10-13,16-17H,7H2,1-2H3,(H,22,23)(H,24,25)(H2,19,20,21)/t10-,11-,12-,13-/m1/s1. The van der Waals surface area contributed by atoms with Gasteiger partial charge in [-0.3, -0.25) is 9.32 Å². The maximum Gasteiger partial charge on any atom is 0.490 e. The molecule has 1 amide bonds. The summed E-state index contributed by atoms with van der Waals surface area (Å²) in [6, 6.07) is 6.24. The molecule has 0 aliphatic carbocycles. The van der Waals surface area contributed by atoms with Crippen LogP contribution in [0.2, 0.25) is 0 Å². The number of rotatable bonds is 10. The summed E-state index contributed by atoms with van der Waals surface area (Å²) >= 11 is 0. The van der Waals surface area contributed by atoms with Gasteiger partial charge in [0.05, 0.1) is 13.7 Å². The number of carbonyl (C=O) groups is 1. The Morgan fingerprint density at radius 2 is 1.58 bits per heavy atom. The van der Waals surface area contributed by atoms with Crippen molar-refractivity contribution in [2.24, 2.45) is 0 Å². The molecule has 33 heavy (non-hydrogen) atoms. The number of anilines is 1. The quantitative estimate of drug-likeness (QED) is 0.206. The lowest BCUT2D eigenvalue weighted by Crippen LogP contribution is -2.43. The molecule has 0 radical (unpaired) electrons. The van der Waals surface area contributed by atoms with Crippen LogP contribution in [0.3, 0.4) is 0 Å². The van der Waals surface area contributed by atoms with Crippen molar-refractivity contribution >= 4 is 35.1 Å². The van der Waals surface area contributed by atoms with Crippen LogP contribution in [0.25, 0.3) is 0 Å². The Balaban J connectivity index is 2.01. The number of aliphatic hydroxyl groups excluding tert-OH is 2. The minimum Gasteiger partial charge on any atom is -0.497 e. The Kier molecular flexibility index (Phi) is 8.99. The number of phosphoric acid groups is 3. The number of methoxy groups -OCH3 is 1. The first-order valence-corrected chi connectivity index (χ1v) is 13.3. The van der Waals surface area contributed by atoms with E-state index in [0.717, 1.165) is 4.90 Å². The number of phosphoric ester groups is 1. The summed E-state index contributed by atoms with van der Waals surface area (Å²) in [6.45, 7) is -1.03. The van der Waals surface area contributed by atoms with Crippen molar-refractivity contribution in [2.45, 2.75) is 24.4 Å². The third kappa shape index (κ3) is 7.91. The van der Waals surface area contributed by atoms with E-state index in [-0.39, 0.29) is 0 Å². The molecule has 2 unspecified atom stereocenters. The molecule has 2 rings (SSSR count).